The molecular weight excluding hydrogens is 380 g/mol. The Labute approximate surface area is 144 Å². The Kier molecular flexibility index (Phi) is 3.74. The number of anilines is 1. The second-order valence-corrected chi connectivity index (χ2v) is 6.76. The number of thiazole rings is 1. The van der Waals surface area contributed by atoms with Gasteiger partial charge in [-0.25, -0.2) is 15.0 Å². The van der Waals surface area contributed by atoms with Crippen molar-refractivity contribution in [3.8, 4) is 0 Å². The predicted molar refractivity (Wildman–Crippen MR) is 90.9 cm³/mol. The van der Waals surface area contributed by atoms with E-state index in [-0.39, 0.29) is 5.91 Å². The number of rotatable bonds is 2. The van der Waals surface area contributed by atoms with Crippen molar-refractivity contribution in [2.24, 2.45) is 0 Å². The summed E-state index contributed by atoms with van der Waals surface area (Å²) in [5.74, 6) is 0.671. The van der Waals surface area contributed by atoms with E-state index < -0.39 is 0 Å². The molecule has 0 spiro atoms. The molecule has 1 aliphatic rings. The van der Waals surface area contributed by atoms with Crippen molar-refractivity contribution in [1.82, 2.24) is 24.3 Å². The third kappa shape index (κ3) is 2.59. The summed E-state index contributed by atoms with van der Waals surface area (Å²) in [5.41, 5.74) is 0.473. The molecule has 4 rings (SSSR count). The van der Waals surface area contributed by atoms with Crippen LogP contribution in [0.2, 0.25) is 0 Å². The van der Waals surface area contributed by atoms with Gasteiger partial charge in [0.15, 0.2) is 10.7 Å². The minimum absolute atomic E-state index is 0.0404. The van der Waals surface area contributed by atoms with E-state index in [1.54, 1.807) is 18.5 Å². The summed E-state index contributed by atoms with van der Waals surface area (Å²) in [5, 5.41) is 1.94. The Morgan fingerprint density at radius 3 is 2.61 bits per heavy atom. The van der Waals surface area contributed by atoms with Crippen LogP contribution < -0.4 is 4.90 Å². The molecule has 118 valence electrons. The van der Waals surface area contributed by atoms with E-state index in [9.17, 15) is 4.79 Å². The van der Waals surface area contributed by atoms with Crippen molar-refractivity contribution in [3.05, 3.63) is 40.3 Å². The van der Waals surface area contributed by atoms with Crippen molar-refractivity contribution in [1.29, 1.82) is 0 Å². The fraction of sp³-hybridized carbons (Fsp3) is 0.286. The largest absolute Gasteiger partial charge is 0.337 e. The summed E-state index contributed by atoms with van der Waals surface area (Å²) in [6.45, 7) is 2.70. The van der Waals surface area contributed by atoms with Gasteiger partial charge < -0.3 is 9.80 Å². The number of carbonyl (C=O) groups is 1. The highest BCUT2D eigenvalue weighted by Gasteiger charge is 2.27. The van der Waals surface area contributed by atoms with Crippen molar-refractivity contribution in [2.75, 3.05) is 31.1 Å². The standard InChI is InChI=1S/C14H13BrN6OS/c15-11-10(18-14-21(11)8-9-23-14)12(22)19-4-6-20(7-5-19)13-16-2-1-3-17-13/h1-3,8-9H,4-7H2. The highest BCUT2D eigenvalue weighted by molar-refractivity contribution is 9.10. The molecule has 1 aliphatic heterocycles. The molecule has 4 heterocycles. The SMILES string of the molecule is O=C(c1nc2sccn2c1Br)N1CCN(c2ncccn2)CC1. The molecule has 0 bridgehead atoms. The first-order valence-electron chi connectivity index (χ1n) is 7.16. The average Bonchev–Trinajstić information content (AvgIpc) is 3.18. The van der Waals surface area contributed by atoms with Crippen LogP contribution in [0, 0.1) is 0 Å². The van der Waals surface area contributed by atoms with Crippen LogP contribution in [0.5, 0.6) is 0 Å². The van der Waals surface area contributed by atoms with Crippen LogP contribution in [-0.2, 0) is 0 Å². The molecule has 1 saturated heterocycles. The van der Waals surface area contributed by atoms with Crippen LogP contribution in [0.4, 0.5) is 5.95 Å². The number of amides is 1. The van der Waals surface area contributed by atoms with Gasteiger partial charge in [-0.3, -0.25) is 9.20 Å². The molecule has 7 nitrogen and oxygen atoms in total. The molecule has 1 amide bonds. The fourth-order valence-electron chi connectivity index (χ4n) is 2.61. The number of carbonyl (C=O) groups excluding carboxylic acids is 1. The maximum absolute atomic E-state index is 12.7. The van der Waals surface area contributed by atoms with Crippen molar-refractivity contribution in [2.45, 2.75) is 0 Å². The van der Waals surface area contributed by atoms with Gasteiger partial charge in [-0.2, -0.15) is 0 Å². The molecule has 0 N–H and O–H groups in total. The molecule has 3 aromatic rings. The van der Waals surface area contributed by atoms with Gasteiger partial charge in [0.2, 0.25) is 5.95 Å². The van der Waals surface area contributed by atoms with E-state index in [2.05, 4.69) is 35.8 Å². The highest BCUT2D eigenvalue weighted by Crippen LogP contribution is 2.24. The number of fused-ring (bicyclic) bond motifs is 1. The van der Waals surface area contributed by atoms with E-state index >= 15 is 0 Å². The zero-order valence-electron chi connectivity index (χ0n) is 12.1. The molecule has 9 heteroatoms. The predicted octanol–water partition coefficient (Wildman–Crippen LogP) is 1.91. The van der Waals surface area contributed by atoms with Crippen LogP contribution in [0.1, 0.15) is 10.5 Å². The van der Waals surface area contributed by atoms with Crippen LogP contribution in [0.3, 0.4) is 0 Å². The molecule has 0 aliphatic carbocycles. The summed E-state index contributed by atoms with van der Waals surface area (Å²) < 4.78 is 2.60. The molecular formula is C14H13BrN6OS. The number of hydrogen-bond acceptors (Lipinski definition) is 6. The number of nitrogens with zero attached hydrogens (tertiary/aromatic N) is 6. The minimum Gasteiger partial charge on any atom is -0.337 e. The number of piperazine rings is 1. The Bertz CT molecular complexity index is 839. The zero-order chi connectivity index (χ0) is 15.8. The Morgan fingerprint density at radius 1 is 1.17 bits per heavy atom. The van der Waals surface area contributed by atoms with Crippen LogP contribution >= 0.6 is 27.3 Å². The topological polar surface area (TPSA) is 66.6 Å². The summed E-state index contributed by atoms with van der Waals surface area (Å²) in [7, 11) is 0. The molecule has 0 aromatic carbocycles. The quantitative estimate of drug-likeness (QED) is 0.666. The van der Waals surface area contributed by atoms with E-state index in [0.29, 0.717) is 29.3 Å². The van der Waals surface area contributed by atoms with E-state index in [1.807, 2.05) is 20.9 Å². The van der Waals surface area contributed by atoms with Crippen LogP contribution in [0.15, 0.2) is 34.6 Å². The van der Waals surface area contributed by atoms with Crippen molar-refractivity contribution in [3.63, 3.8) is 0 Å². The molecule has 0 unspecified atom stereocenters. The normalized spacial score (nSPS) is 15.3. The lowest BCUT2D eigenvalue weighted by Crippen LogP contribution is -2.49. The van der Waals surface area contributed by atoms with Gasteiger partial charge in [0.25, 0.3) is 5.91 Å². The van der Waals surface area contributed by atoms with Gasteiger partial charge in [-0.15, -0.1) is 11.3 Å². The van der Waals surface area contributed by atoms with Crippen LogP contribution in [-0.4, -0.2) is 56.3 Å². The van der Waals surface area contributed by atoms with E-state index in [0.717, 1.165) is 18.1 Å². The Hall–Kier alpha value is -2.00. The van der Waals surface area contributed by atoms with E-state index in [1.165, 1.54) is 11.3 Å². The summed E-state index contributed by atoms with van der Waals surface area (Å²) in [6, 6.07) is 1.80. The number of imidazole rings is 1. The average molecular weight is 393 g/mol. The third-order valence-electron chi connectivity index (χ3n) is 3.81. The monoisotopic (exact) mass is 392 g/mol. The lowest BCUT2D eigenvalue weighted by molar-refractivity contribution is 0.0740. The van der Waals surface area contributed by atoms with Gasteiger partial charge in [0, 0.05) is 50.1 Å². The minimum atomic E-state index is -0.0404. The first-order chi connectivity index (χ1) is 11.2. The van der Waals surface area contributed by atoms with Gasteiger partial charge >= 0.3 is 0 Å². The van der Waals surface area contributed by atoms with Gasteiger partial charge in [0.1, 0.15) is 4.60 Å². The summed E-state index contributed by atoms with van der Waals surface area (Å²) in [4.78, 5) is 30.4. The first kappa shape index (κ1) is 14.6. The maximum Gasteiger partial charge on any atom is 0.275 e. The highest BCUT2D eigenvalue weighted by atomic mass is 79.9. The third-order valence-corrected chi connectivity index (χ3v) is 5.32. The second kappa shape index (κ2) is 5.89. The Morgan fingerprint density at radius 2 is 1.91 bits per heavy atom. The Balaban J connectivity index is 1.48. The summed E-state index contributed by atoms with van der Waals surface area (Å²) >= 11 is 4.99. The lowest BCUT2D eigenvalue weighted by Gasteiger charge is -2.34. The van der Waals surface area contributed by atoms with Gasteiger partial charge in [0.05, 0.1) is 0 Å². The van der Waals surface area contributed by atoms with E-state index in [4.69, 9.17) is 0 Å². The smallest absolute Gasteiger partial charge is 0.275 e. The molecule has 0 radical (unpaired) electrons. The molecule has 0 atom stereocenters. The maximum atomic E-state index is 12.7. The summed E-state index contributed by atoms with van der Waals surface area (Å²) in [6.07, 6.45) is 5.36. The lowest BCUT2D eigenvalue weighted by atomic mass is 10.3. The van der Waals surface area contributed by atoms with Gasteiger partial charge in [-0.05, 0) is 22.0 Å². The molecule has 3 aromatic heterocycles. The number of halogens is 1. The van der Waals surface area contributed by atoms with Gasteiger partial charge in [-0.1, -0.05) is 0 Å². The number of aromatic nitrogens is 4. The van der Waals surface area contributed by atoms with Crippen molar-refractivity contribution >= 4 is 44.1 Å². The molecule has 23 heavy (non-hydrogen) atoms. The zero-order valence-corrected chi connectivity index (χ0v) is 14.5. The molecule has 1 fully saturated rings. The number of hydrogen-bond donors (Lipinski definition) is 0. The van der Waals surface area contributed by atoms with Crippen LogP contribution in [0.25, 0.3) is 4.96 Å². The second-order valence-electron chi connectivity index (χ2n) is 5.13. The fourth-order valence-corrected chi connectivity index (χ4v) is 3.98. The first-order valence-corrected chi connectivity index (χ1v) is 8.83. The van der Waals surface area contributed by atoms with Crippen molar-refractivity contribution < 1.29 is 4.79 Å². The molecule has 0 saturated carbocycles.